The molecule has 2 heterocycles. The zero-order valence-electron chi connectivity index (χ0n) is 12.1. The number of hydrogen-bond donors (Lipinski definition) is 0. The van der Waals surface area contributed by atoms with E-state index in [2.05, 4.69) is 47.5 Å². The van der Waals surface area contributed by atoms with Crippen LogP contribution in [0.4, 0.5) is 0 Å². The van der Waals surface area contributed by atoms with E-state index in [1.54, 1.807) is 7.11 Å². The van der Waals surface area contributed by atoms with Gasteiger partial charge in [0.1, 0.15) is 5.75 Å². The van der Waals surface area contributed by atoms with Crippen molar-refractivity contribution in [3.63, 3.8) is 0 Å². The Bertz CT molecular complexity index is 611. The highest BCUT2D eigenvalue weighted by atomic mass is 16.7. The largest absolute Gasteiger partial charge is 0.497 e. The van der Waals surface area contributed by atoms with Crippen molar-refractivity contribution in [2.75, 3.05) is 7.11 Å². The van der Waals surface area contributed by atoms with Crippen molar-refractivity contribution in [3.05, 3.63) is 65.7 Å². The smallest absolute Gasteiger partial charge is 0.118 e. The van der Waals surface area contributed by atoms with E-state index in [9.17, 15) is 0 Å². The number of nitrogens with zero attached hydrogens (tertiary/aromatic N) is 1. The average molecular weight is 281 g/mol. The molecule has 2 aliphatic heterocycles. The van der Waals surface area contributed by atoms with Crippen molar-refractivity contribution >= 4 is 0 Å². The zero-order chi connectivity index (χ0) is 14.2. The normalized spacial score (nSPS) is 30.5. The number of benzene rings is 2. The molecule has 0 aliphatic carbocycles. The molecule has 2 bridgehead atoms. The summed E-state index contributed by atoms with van der Waals surface area (Å²) >= 11 is 0. The topological polar surface area (TPSA) is 21.7 Å². The van der Waals surface area contributed by atoms with Crippen LogP contribution >= 0.6 is 0 Å². The molecule has 4 atom stereocenters. The fourth-order valence-corrected chi connectivity index (χ4v) is 3.49. The van der Waals surface area contributed by atoms with Gasteiger partial charge in [-0.15, -0.1) is 0 Å². The van der Waals surface area contributed by atoms with Crippen LogP contribution in [0.3, 0.4) is 0 Å². The predicted molar refractivity (Wildman–Crippen MR) is 80.9 cm³/mol. The lowest BCUT2D eigenvalue weighted by molar-refractivity contribution is -0.136. The second-order valence-electron chi connectivity index (χ2n) is 5.77. The van der Waals surface area contributed by atoms with Gasteiger partial charge in [0.15, 0.2) is 0 Å². The molecule has 2 aromatic carbocycles. The lowest BCUT2D eigenvalue weighted by atomic mass is 9.90. The van der Waals surface area contributed by atoms with Gasteiger partial charge in [-0.05, 0) is 36.1 Å². The molecule has 1 unspecified atom stereocenters. The molecule has 0 radical (unpaired) electrons. The van der Waals surface area contributed by atoms with Gasteiger partial charge in [-0.3, -0.25) is 4.84 Å². The van der Waals surface area contributed by atoms with Gasteiger partial charge < -0.3 is 4.74 Å². The summed E-state index contributed by atoms with van der Waals surface area (Å²) in [7, 11) is 1.70. The molecule has 0 saturated carbocycles. The van der Waals surface area contributed by atoms with Gasteiger partial charge in [-0.1, -0.05) is 42.5 Å². The number of fused-ring (bicyclic) bond motifs is 2. The van der Waals surface area contributed by atoms with Gasteiger partial charge in [-0.2, -0.15) is 5.06 Å². The summed E-state index contributed by atoms with van der Waals surface area (Å²) in [5.41, 5.74) is 2.65. The maximum Gasteiger partial charge on any atom is 0.118 e. The summed E-state index contributed by atoms with van der Waals surface area (Å²) in [4.78, 5) is 6.06. The number of hydroxylamine groups is 2. The Kier molecular flexibility index (Phi) is 3.17. The summed E-state index contributed by atoms with van der Waals surface area (Å²) in [5, 5.41) is 2.20. The van der Waals surface area contributed by atoms with Crippen molar-refractivity contribution in [1.82, 2.24) is 5.06 Å². The molecule has 4 rings (SSSR count). The lowest BCUT2D eigenvalue weighted by Crippen LogP contribution is -2.26. The predicted octanol–water partition coefficient (Wildman–Crippen LogP) is 3.89. The van der Waals surface area contributed by atoms with Gasteiger partial charge in [0.25, 0.3) is 0 Å². The number of piperidine rings is 1. The summed E-state index contributed by atoms with van der Waals surface area (Å²) in [5.74, 6) is 0.900. The second-order valence-corrected chi connectivity index (χ2v) is 5.77. The third-order valence-corrected chi connectivity index (χ3v) is 4.54. The molecule has 0 amide bonds. The molecule has 0 N–H and O–H groups in total. The van der Waals surface area contributed by atoms with E-state index < -0.39 is 0 Å². The van der Waals surface area contributed by atoms with E-state index >= 15 is 0 Å². The first-order valence-electron chi connectivity index (χ1n) is 7.49. The standard InChI is InChI=1S/C18H19NO2/c1-20-15-9-7-14(8-10-15)18-12-16-11-17(19(18)21-16)13-5-3-2-4-6-13/h2-10,16-18H,11-12H2,1H3/t16-,17-,18-/m0/s1. The van der Waals surface area contributed by atoms with Gasteiger partial charge in [0.05, 0.1) is 25.3 Å². The molecule has 3 heteroatoms. The van der Waals surface area contributed by atoms with E-state index in [4.69, 9.17) is 9.57 Å². The third kappa shape index (κ3) is 2.23. The van der Waals surface area contributed by atoms with E-state index in [0.717, 1.165) is 18.6 Å². The monoisotopic (exact) mass is 281 g/mol. The Hall–Kier alpha value is -1.84. The Labute approximate surface area is 125 Å². The molecule has 3 nitrogen and oxygen atoms in total. The first-order chi connectivity index (χ1) is 10.3. The Morgan fingerprint density at radius 1 is 0.905 bits per heavy atom. The van der Waals surface area contributed by atoms with E-state index in [-0.39, 0.29) is 0 Å². The molecule has 2 aromatic rings. The van der Waals surface area contributed by atoms with Crippen LogP contribution in [0.25, 0.3) is 0 Å². The van der Waals surface area contributed by atoms with Gasteiger partial charge in [-0.25, -0.2) is 0 Å². The van der Waals surface area contributed by atoms with Crippen LogP contribution in [0.2, 0.25) is 0 Å². The molecular weight excluding hydrogens is 262 g/mol. The summed E-state index contributed by atoms with van der Waals surface area (Å²) in [6, 6.07) is 19.7. The van der Waals surface area contributed by atoms with Crippen LogP contribution in [0, 0.1) is 0 Å². The SMILES string of the molecule is COc1ccc([C@@H]2C[C@@H]3C[C@@H](c4ccccc4)N2O3)cc1. The number of ether oxygens (including phenoxy) is 1. The average Bonchev–Trinajstić information content (AvgIpc) is 3.16. The lowest BCUT2D eigenvalue weighted by Gasteiger charge is -2.29. The number of hydrogen-bond acceptors (Lipinski definition) is 3. The molecule has 0 spiro atoms. The quantitative estimate of drug-likeness (QED) is 0.852. The Balaban J connectivity index is 1.60. The Morgan fingerprint density at radius 2 is 1.52 bits per heavy atom. The van der Waals surface area contributed by atoms with Crippen LogP contribution in [0.5, 0.6) is 5.75 Å². The minimum absolute atomic E-state index is 0.347. The molecule has 2 saturated heterocycles. The van der Waals surface area contributed by atoms with Crippen molar-refractivity contribution in [2.24, 2.45) is 0 Å². The van der Waals surface area contributed by atoms with Crippen LogP contribution in [0.1, 0.15) is 36.1 Å². The van der Waals surface area contributed by atoms with E-state index in [1.165, 1.54) is 11.1 Å². The maximum absolute atomic E-state index is 6.06. The molecule has 2 aliphatic rings. The highest BCUT2D eigenvalue weighted by molar-refractivity contribution is 5.31. The van der Waals surface area contributed by atoms with Gasteiger partial charge in [0.2, 0.25) is 0 Å². The van der Waals surface area contributed by atoms with Crippen molar-refractivity contribution in [3.8, 4) is 5.75 Å². The van der Waals surface area contributed by atoms with Gasteiger partial charge >= 0.3 is 0 Å². The third-order valence-electron chi connectivity index (χ3n) is 4.54. The maximum atomic E-state index is 6.06. The van der Waals surface area contributed by atoms with Gasteiger partial charge in [0, 0.05) is 0 Å². The molecular formula is C18H19NO2. The highest BCUT2D eigenvalue weighted by Crippen LogP contribution is 2.49. The first-order valence-corrected chi connectivity index (χ1v) is 7.49. The first kappa shape index (κ1) is 12.9. The van der Waals surface area contributed by atoms with Crippen LogP contribution in [-0.2, 0) is 4.84 Å². The van der Waals surface area contributed by atoms with Crippen LogP contribution in [-0.4, -0.2) is 18.3 Å². The fourth-order valence-electron chi connectivity index (χ4n) is 3.49. The van der Waals surface area contributed by atoms with E-state index in [1.807, 2.05) is 12.1 Å². The summed E-state index contributed by atoms with van der Waals surface area (Å²) < 4.78 is 5.24. The Morgan fingerprint density at radius 3 is 2.10 bits per heavy atom. The number of methoxy groups -OCH3 is 1. The minimum Gasteiger partial charge on any atom is -0.497 e. The van der Waals surface area contributed by atoms with E-state index in [0.29, 0.717) is 18.2 Å². The zero-order valence-corrected chi connectivity index (χ0v) is 12.1. The van der Waals surface area contributed by atoms with Crippen molar-refractivity contribution < 1.29 is 9.57 Å². The molecule has 108 valence electrons. The summed E-state index contributed by atoms with van der Waals surface area (Å²) in [6.45, 7) is 0. The highest BCUT2D eigenvalue weighted by Gasteiger charge is 2.46. The summed E-state index contributed by atoms with van der Waals surface area (Å²) in [6.07, 6.45) is 2.52. The molecule has 21 heavy (non-hydrogen) atoms. The minimum atomic E-state index is 0.347. The molecule has 0 aromatic heterocycles. The van der Waals surface area contributed by atoms with Crippen molar-refractivity contribution in [2.45, 2.75) is 31.0 Å². The van der Waals surface area contributed by atoms with Crippen LogP contribution < -0.4 is 4.74 Å². The van der Waals surface area contributed by atoms with Crippen molar-refractivity contribution in [1.29, 1.82) is 0 Å². The second kappa shape index (κ2) is 5.17. The molecule has 2 fully saturated rings. The number of rotatable bonds is 3. The van der Waals surface area contributed by atoms with Crippen LogP contribution in [0.15, 0.2) is 54.6 Å². The fraction of sp³-hybridized carbons (Fsp3) is 0.333.